The Morgan fingerprint density at radius 1 is 1.67 bits per heavy atom. The first-order valence-electron chi connectivity index (χ1n) is 2.48. The minimum absolute atomic E-state index is 0.232. The van der Waals surface area contributed by atoms with Crippen molar-refractivity contribution >= 4 is 26.7 Å². The fourth-order valence-electron chi connectivity index (χ4n) is 0.227. The van der Waals surface area contributed by atoms with E-state index in [-0.39, 0.29) is 5.97 Å². The molecule has 9 heavy (non-hydrogen) atoms. The molecule has 2 nitrogen and oxygen atoms in total. The van der Waals surface area contributed by atoms with E-state index < -0.39 is 9.06 Å². The largest absolute Gasteiger partial charge is 0.456 e. The monoisotopic (exact) mass is 168 g/mol. The fraction of sp³-hybridized carbons (Fsp3) is 0.800. The second-order valence-corrected chi connectivity index (χ2v) is 8.39. The van der Waals surface area contributed by atoms with Gasteiger partial charge in [0.1, 0.15) is 5.94 Å². The zero-order valence-corrected chi connectivity index (χ0v) is 7.59. The van der Waals surface area contributed by atoms with Gasteiger partial charge in [-0.25, -0.2) is 0 Å². The van der Waals surface area contributed by atoms with Crippen LogP contribution in [0, 0.1) is 0 Å². The minimum Gasteiger partial charge on any atom is -0.456 e. The maximum atomic E-state index is 10.2. The number of rotatable bonds is 2. The van der Waals surface area contributed by atoms with E-state index in [0.717, 1.165) is 0 Å². The van der Waals surface area contributed by atoms with Gasteiger partial charge in [-0.1, -0.05) is 0 Å². The average Bonchev–Trinajstić information content (AvgIpc) is 1.59. The Bertz CT molecular complexity index is 106. The predicted molar refractivity (Wildman–Crippen MR) is 45.1 cm³/mol. The topological polar surface area (TPSA) is 26.3 Å². The van der Waals surface area contributed by atoms with Crippen LogP contribution >= 0.6 is 20.7 Å². The van der Waals surface area contributed by atoms with Crippen molar-refractivity contribution in [3.8, 4) is 0 Å². The molecule has 56 valence electrons. The summed E-state index contributed by atoms with van der Waals surface area (Å²) in [5.41, 5.74) is 0. The molecule has 0 radical (unpaired) electrons. The Hall–Kier alpha value is 0.170. The molecule has 0 aromatic carbocycles. The number of carbonyl (C=O) groups is 1. The standard InChI is InChI=1S/C5H12O2S2/c1-5(6)7-4-9(2,3)8/h8H,4H2,1-3H3. The number of esters is 1. The molecule has 0 aromatic rings. The van der Waals surface area contributed by atoms with Crippen molar-refractivity contribution in [3.63, 3.8) is 0 Å². The SMILES string of the molecule is CC(=O)OCS(C)(C)S. The van der Waals surface area contributed by atoms with Crippen molar-refractivity contribution in [3.05, 3.63) is 0 Å². The van der Waals surface area contributed by atoms with Crippen LogP contribution in [0.15, 0.2) is 0 Å². The molecule has 0 aromatic heterocycles. The molecule has 0 heterocycles. The van der Waals surface area contributed by atoms with E-state index in [1.807, 2.05) is 12.5 Å². The number of thiol groups is 1. The Kier molecular flexibility index (Phi) is 3.43. The molecule has 0 amide bonds. The Morgan fingerprint density at radius 3 is 2.22 bits per heavy atom. The lowest BCUT2D eigenvalue weighted by molar-refractivity contribution is -0.138. The minimum atomic E-state index is -0.968. The first-order chi connectivity index (χ1) is 3.92. The third kappa shape index (κ3) is 8.17. The predicted octanol–water partition coefficient (Wildman–Crippen LogP) is 1.42. The molecule has 4 heteroatoms. The van der Waals surface area contributed by atoms with E-state index >= 15 is 0 Å². The molecule has 0 unspecified atom stereocenters. The van der Waals surface area contributed by atoms with E-state index in [9.17, 15) is 4.79 Å². The van der Waals surface area contributed by atoms with Crippen molar-refractivity contribution in [1.29, 1.82) is 0 Å². The molecule has 0 fully saturated rings. The van der Waals surface area contributed by atoms with Crippen LogP contribution in [0.2, 0.25) is 0 Å². The van der Waals surface area contributed by atoms with Crippen molar-refractivity contribution in [2.45, 2.75) is 6.92 Å². The molecule has 0 aliphatic rings. The molecule has 0 N–H and O–H groups in total. The Balaban J connectivity index is 3.39. The highest BCUT2D eigenvalue weighted by atomic mass is 33.1. The number of hydrogen-bond acceptors (Lipinski definition) is 3. The molecule has 0 spiro atoms. The van der Waals surface area contributed by atoms with Crippen molar-refractivity contribution in [2.75, 3.05) is 18.5 Å². The summed E-state index contributed by atoms with van der Waals surface area (Å²) in [7, 11) is -0.968. The van der Waals surface area contributed by atoms with Crippen LogP contribution in [0.5, 0.6) is 0 Å². The lowest BCUT2D eigenvalue weighted by atomic mass is 10.8. The summed E-state index contributed by atoms with van der Waals surface area (Å²) in [5, 5.41) is 0. The van der Waals surface area contributed by atoms with Crippen LogP contribution < -0.4 is 0 Å². The van der Waals surface area contributed by atoms with E-state index in [1.54, 1.807) is 0 Å². The lowest BCUT2D eigenvalue weighted by Gasteiger charge is -2.22. The maximum absolute atomic E-state index is 10.2. The molecular formula is C5H12O2S2. The molecule has 0 bridgehead atoms. The summed E-state index contributed by atoms with van der Waals surface area (Å²) >= 11 is 4.24. The maximum Gasteiger partial charge on any atom is 0.303 e. The summed E-state index contributed by atoms with van der Waals surface area (Å²) in [6, 6.07) is 0. The third-order valence-corrected chi connectivity index (χ3v) is 1.56. The van der Waals surface area contributed by atoms with Gasteiger partial charge in [-0.2, -0.15) is 9.06 Å². The summed E-state index contributed by atoms with van der Waals surface area (Å²) < 4.78 is 4.73. The van der Waals surface area contributed by atoms with Crippen LogP contribution in [0.25, 0.3) is 0 Å². The summed E-state index contributed by atoms with van der Waals surface area (Å²) in [4.78, 5) is 10.2. The third-order valence-electron chi connectivity index (χ3n) is 0.551. The first-order valence-corrected chi connectivity index (χ1v) is 6.16. The first kappa shape index (κ1) is 9.17. The van der Waals surface area contributed by atoms with E-state index in [0.29, 0.717) is 5.94 Å². The van der Waals surface area contributed by atoms with Crippen molar-refractivity contribution in [2.24, 2.45) is 0 Å². The molecule has 0 aliphatic heterocycles. The highest BCUT2D eigenvalue weighted by Crippen LogP contribution is 2.44. The molecule has 0 saturated carbocycles. The number of hydrogen-bond donors (Lipinski definition) is 1. The van der Waals surface area contributed by atoms with E-state index in [2.05, 4.69) is 11.7 Å². The van der Waals surface area contributed by atoms with Gasteiger partial charge in [0.25, 0.3) is 0 Å². The average molecular weight is 168 g/mol. The number of ether oxygens (including phenoxy) is 1. The zero-order valence-electron chi connectivity index (χ0n) is 5.88. The van der Waals surface area contributed by atoms with Crippen LogP contribution in [-0.2, 0) is 9.53 Å². The fourth-order valence-corrected chi connectivity index (χ4v) is 0.840. The van der Waals surface area contributed by atoms with E-state index in [1.165, 1.54) is 6.92 Å². The van der Waals surface area contributed by atoms with Gasteiger partial charge in [0, 0.05) is 6.92 Å². The second-order valence-electron chi connectivity index (χ2n) is 2.23. The lowest BCUT2D eigenvalue weighted by Crippen LogP contribution is -2.03. The Morgan fingerprint density at radius 2 is 2.11 bits per heavy atom. The van der Waals surface area contributed by atoms with Gasteiger partial charge in [-0.3, -0.25) is 4.79 Å². The van der Waals surface area contributed by atoms with Gasteiger partial charge in [-0.15, -0.1) is 11.7 Å². The summed E-state index contributed by atoms with van der Waals surface area (Å²) in [5.74, 6) is 0.218. The summed E-state index contributed by atoms with van der Waals surface area (Å²) in [6.07, 6.45) is 3.94. The summed E-state index contributed by atoms with van der Waals surface area (Å²) in [6.45, 7) is 1.40. The van der Waals surface area contributed by atoms with Gasteiger partial charge >= 0.3 is 5.97 Å². The molecule has 0 saturated heterocycles. The smallest absolute Gasteiger partial charge is 0.303 e. The Labute approximate surface area is 62.1 Å². The molecular weight excluding hydrogens is 156 g/mol. The van der Waals surface area contributed by atoms with Gasteiger partial charge in [0.2, 0.25) is 0 Å². The number of carbonyl (C=O) groups excluding carboxylic acids is 1. The normalized spacial score (nSPS) is 12.9. The van der Waals surface area contributed by atoms with Gasteiger partial charge in [0.15, 0.2) is 0 Å². The zero-order chi connectivity index (χ0) is 7.49. The van der Waals surface area contributed by atoms with Crippen molar-refractivity contribution in [1.82, 2.24) is 0 Å². The van der Waals surface area contributed by atoms with E-state index in [4.69, 9.17) is 4.74 Å². The second kappa shape index (κ2) is 3.37. The highest BCUT2D eigenvalue weighted by molar-refractivity contribution is 8.87. The van der Waals surface area contributed by atoms with Crippen LogP contribution in [0.4, 0.5) is 0 Å². The quantitative estimate of drug-likeness (QED) is 0.383. The van der Waals surface area contributed by atoms with Gasteiger partial charge in [-0.05, 0) is 12.5 Å². The molecule has 0 aliphatic carbocycles. The van der Waals surface area contributed by atoms with Gasteiger partial charge in [0.05, 0.1) is 0 Å². The highest BCUT2D eigenvalue weighted by Gasteiger charge is 2.05. The molecule has 0 atom stereocenters. The van der Waals surface area contributed by atoms with Gasteiger partial charge < -0.3 is 4.74 Å². The molecule has 0 rings (SSSR count). The van der Waals surface area contributed by atoms with Crippen molar-refractivity contribution < 1.29 is 9.53 Å². The van der Waals surface area contributed by atoms with Crippen LogP contribution in [0.3, 0.4) is 0 Å². The van der Waals surface area contributed by atoms with Crippen LogP contribution in [-0.4, -0.2) is 24.4 Å². The van der Waals surface area contributed by atoms with Crippen LogP contribution in [0.1, 0.15) is 6.92 Å².